The maximum absolute atomic E-state index is 14.2. The number of thiocarbonyl (C=S) groups is 1. The average Bonchev–Trinajstić information content (AvgIpc) is 2.96. The summed E-state index contributed by atoms with van der Waals surface area (Å²) in [5, 5.41) is 13.6. The van der Waals surface area contributed by atoms with Crippen molar-refractivity contribution in [3.8, 4) is 5.75 Å². The first-order chi connectivity index (χ1) is 19.1. The standard InChI is InChI=1S/C28H25ClN4O6S/c1-17(24(35)36)28(16-30-18-12-14-20(39-2)15-13-18)25(37)32(19-8-4-3-5-9-19)27(40)33(26(28)38)31-23(34)21-10-6-7-11-22(21)29/h3-15,17,30H,16H2,1-2H3,(H,31,34)(H,35,36). The Hall–Kier alpha value is -4.48. The number of methoxy groups -OCH3 is 1. The van der Waals surface area contributed by atoms with Crippen LogP contribution < -0.4 is 20.4 Å². The van der Waals surface area contributed by atoms with Crippen molar-refractivity contribution in [2.45, 2.75) is 6.92 Å². The Morgan fingerprint density at radius 1 is 1.00 bits per heavy atom. The van der Waals surface area contributed by atoms with Gasteiger partial charge >= 0.3 is 5.97 Å². The van der Waals surface area contributed by atoms with Gasteiger partial charge in [0.15, 0.2) is 5.41 Å². The molecule has 0 aliphatic carbocycles. The molecule has 1 aliphatic heterocycles. The smallest absolute Gasteiger partial charge is 0.307 e. The lowest BCUT2D eigenvalue weighted by atomic mass is 9.72. The minimum absolute atomic E-state index is 0.0520. The average molecular weight is 581 g/mol. The number of amides is 3. The Kier molecular flexibility index (Phi) is 8.36. The molecular weight excluding hydrogens is 556 g/mol. The Labute approximate surface area is 240 Å². The molecule has 0 spiro atoms. The number of hydrogen-bond acceptors (Lipinski definition) is 7. The Balaban J connectivity index is 1.82. The molecule has 1 heterocycles. The summed E-state index contributed by atoms with van der Waals surface area (Å²) in [5.41, 5.74) is 1.06. The van der Waals surface area contributed by atoms with E-state index in [2.05, 4.69) is 10.7 Å². The molecule has 206 valence electrons. The fourth-order valence-electron chi connectivity index (χ4n) is 4.31. The second-order valence-corrected chi connectivity index (χ2v) is 9.71. The van der Waals surface area contributed by atoms with Gasteiger partial charge in [-0.05, 0) is 60.7 Å². The topological polar surface area (TPSA) is 128 Å². The highest BCUT2D eigenvalue weighted by Gasteiger charge is 2.62. The van der Waals surface area contributed by atoms with E-state index in [0.717, 1.165) is 9.91 Å². The number of hydrazine groups is 1. The lowest BCUT2D eigenvalue weighted by molar-refractivity contribution is -0.162. The molecule has 1 saturated heterocycles. The fourth-order valence-corrected chi connectivity index (χ4v) is 4.85. The minimum Gasteiger partial charge on any atom is -0.497 e. The quantitative estimate of drug-likeness (QED) is 0.256. The van der Waals surface area contributed by atoms with E-state index in [4.69, 9.17) is 28.6 Å². The number of rotatable bonds is 9. The van der Waals surface area contributed by atoms with Crippen LogP contribution in [0, 0.1) is 11.3 Å². The zero-order chi connectivity index (χ0) is 29.0. The molecule has 3 aromatic rings. The molecule has 0 radical (unpaired) electrons. The summed E-state index contributed by atoms with van der Waals surface area (Å²) in [6, 6.07) is 21.0. The van der Waals surface area contributed by atoms with E-state index in [1.54, 1.807) is 66.7 Å². The van der Waals surface area contributed by atoms with Crippen LogP contribution in [0.25, 0.3) is 0 Å². The number of carboxylic acid groups (broad SMARTS) is 1. The highest BCUT2D eigenvalue weighted by Crippen LogP contribution is 2.39. The normalized spacial score (nSPS) is 17.8. The van der Waals surface area contributed by atoms with Crippen LogP contribution in [0.2, 0.25) is 5.02 Å². The fraction of sp³-hybridized carbons (Fsp3) is 0.179. The molecular formula is C28H25ClN4O6S. The third-order valence-corrected chi connectivity index (χ3v) is 7.36. The largest absolute Gasteiger partial charge is 0.497 e. The molecule has 0 aromatic heterocycles. The van der Waals surface area contributed by atoms with E-state index in [9.17, 15) is 24.3 Å². The van der Waals surface area contributed by atoms with Crippen LogP contribution in [0.1, 0.15) is 17.3 Å². The number of carbonyl (C=O) groups is 4. The van der Waals surface area contributed by atoms with Gasteiger partial charge in [-0.2, -0.15) is 5.01 Å². The highest BCUT2D eigenvalue weighted by molar-refractivity contribution is 7.80. The molecule has 40 heavy (non-hydrogen) atoms. The molecule has 3 amide bonds. The van der Waals surface area contributed by atoms with Gasteiger partial charge in [0.1, 0.15) is 5.75 Å². The van der Waals surface area contributed by atoms with Crippen molar-refractivity contribution in [3.05, 3.63) is 89.4 Å². The molecule has 1 aliphatic rings. The summed E-state index contributed by atoms with van der Waals surface area (Å²) in [6.45, 7) is 0.842. The first-order valence-corrected chi connectivity index (χ1v) is 12.8. The zero-order valence-corrected chi connectivity index (χ0v) is 23.0. The Morgan fingerprint density at radius 2 is 1.62 bits per heavy atom. The van der Waals surface area contributed by atoms with Crippen LogP contribution in [0.4, 0.5) is 11.4 Å². The number of hydrogen-bond donors (Lipinski definition) is 3. The van der Waals surface area contributed by atoms with Gasteiger partial charge in [-0.15, -0.1) is 0 Å². The second-order valence-electron chi connectivity index (χ2n) is 8.93. The van der Waals surface area contributed by atoms with Crippen LogP contribution >= 0.6 is 23.8 Å². The van der Waals surface area contributed by atoms with Crippen molar-refractivity contribution in [2.75, 3.05) is 23.9 Å². The number of benzene rings is 3. The molecule has 3 N–H and O–H groups in total. The monoisotopic (exact) mass is 580 g/mol. The van der Waals surface area contributed by atoms with Crippen molar-refractivity contribution < 1.29 is 29.0 Å². The molecule has 0 bridgehead atoms. The number of nitrogens with one attached hydrogen (secondary N) is 2. The van der Waals surface area contributed by atoms with Crippen LogP contribution in [0.15, 0.2) is 78.9 Å². The summed E-state index contributed by atoms with van der Waals surface area (Å²) >= 11 is 11.7. The summed E-state index contributed by atoms with van der Waals surface area (Å²) in [6.07, 6.45) is 0. The van der Waals surface area contributed by atoms with Gasteiger partial charge in [0.2, 0.25) is 5.11 Å². The number of nitrogens with zero attached hydrogens (tertiary/aromatic N) is 2. The molecule has 1 fully saturated rings. The van der Waals surface area contributed by atoms with Crippen LogP contribution in [0.3, 0.4) is 0 Å². The third-order valence-electron chi connectivity index (χ3n) is 6.67. The zero-order valence-electron chi connectivity index (χ0n) is 21.5. The first kappa shape index (κ1) is 28.5. The van der Waals surface area contributed by atoms with Crippen molar-refractivity contribution in [3.63, 3.8) is 0 Å². The van der Waals surface area contributed by atoms with Gasteiger partial charge in [-0.1, -0.05) is 48.9 Å². The molecule has 0 saturated carbocycles. The Bertz CT molecular complexity index is 1470. The van der Waals surface area contributed by atoms with Gasteiger partial charge in [0, 0.05) is 12.2 Å². The van der Waals surface area contributed by atoms with Gasteiger partial charge in [-0.25, -0.2) is 0 Å². The van der Waals surface area contributed by atoms with Gasteiger partial charge in [-0.3, -0.25) is 29.5 Å². The summed E-state index contributed by atoms with van der Waals surface area (Å²) in [4.78, 5) is 55.1. The molecule has 2 unspecified atom stereocenters. The predicted octanol–water partition coefficient (Wildman–Crippen LogP) is 3.97. The maximum atomic E-state index is 14.2. The van der Waals surface area contributed by atoms with Crippen molar-refractivity contribution >= 4 is 64.0 Å². The van der Waals surface area contributed by atoms with Crippen LogP contribution in [0.5, 0.6) is 5.75 Å². The first-order valence-electron chi connectivity index (χ1n) is 12.1. The molecule has 10 nitrogen and oxygen atoms in total. The van der Waals surface area contributed by atoms with E-state index in [1.807, 2.05) is 0 Å². The molecule has 3 aromatic carbocycles. The number of ether oxygens (including phenoxy) is 1. The number of anilines is 2. The molecule has 12 heteroatoms. The van der Waals surface area contributed by atoms with Crippen molar-refractivity contribution in [1.29, 1.82) is 0 Å². The number of halogens is 1. The number of para-hydroxylation sites is 1. The predicted molar refractivity (Wildman–Crippen MR) is 153 cm³/mol. The molecule has 2 atom stereocenters. The number of carboxylic acids is 1. The SMILES string of the molecule is COc1ccc(NCC2(C(C)C(=O)O)C(=O)N(NC(=O)c3ccccc3Cl)C(=S)N(c3ccccc3)C2=O)cc1. The van der Waals surface area contributed by atoms with Crippen molar-refractivity contribution in [2.24, 2.45) is 11.3 Å². The second kappa shape index (κ2) is 11.7. The van der Waals surface area contributed by atoms with Gasteiger partial charge in [0.25, 0.3) is 17.7 Å². The summed E-state index contributed by atoms with van der Waals surface area (Å²) < 4.78 is 5.17. The lowest BCUT2D eigenvalue weighted by Gasteiger charge is -2.46. The Morgan fingerprint density at radius 3 is 2.23 bits per heavy atom. The van der Waals surface area contributed by atoms with Crippen LogP contribution in [-0.2, 0) is 14.4 Å². The maximum Gasteiger partial charge on any atom is 0.307 e. The minimum atomic E-state index is -2.22. The van der Waals surface area contributed by atoms with E-state index in [0.29, 0.717) is 11.4 Å². The van der Waals surface area contributed by atoms with E-state index >= 15 is 0 Å². The van der Waals surface area contributed by atoms with E-state index < -0.39 is 41.6 Å². The molecule has 4 rings (SSSR count). The van der Waals surface area contributed by atoms with Crippen LogP contribution in [-0.4, -0.2) is 52.6 Å². The summed E-state index contributed by atoms with van der Waals surface area (Å²) in [5.74, 6) is -4.98. The number of carbonyl (C=O) groups excluding carboxylic acids is 3. The number of aliphatic carboxylic acids is 1. The van der Waals surface area contributed by atoms with E-state index in [-0.39, 0.29) is 21.4 Å². The summed E-state index contributed by atoms with van der Waals surface area (Å²) in [7, 11) is 1.51. The van der Waals surface area contributed by atoms with E-state index in [1.165, 1.54) is 26.2 Å². The third kappa shape index (κ3) is 5.21. The van der Waals surface area contributed by atoms with Gasteiger partial charge in [0.05, 0.1) is 29.3 Å². The lowest BCUT2D eigenvalue weighted by Crippen LogP contribution is -2.72. The van der Waals surface area contributed by atoms with Gasteiger partial charge < -0.3 is 15.2 Å². The highest BCUT2D eigenvalue weighted by atomic mass is 35.5. The van der Waals surface area contributed by atoms with Crippen molar-refractivity contribution in [1.82, 2.24) is 10.4 Å².